The van der Waals surface area contributed by atoms with Crippen LogP contribution in [0, 0.1) is 5.92 Å². The molecule has 0 bridgehead atoms. The molecule has 1 saturated heterocycles. The van der Waals surface area contributed by atoms with Crippen molar-refractivity contribution in [2.45, 2.75) is 25.3 Å². The molecule has 2 heterocycles. The third-order valence-corrected chi connectivity index (χ3v) is 4.17. The highest BCUT2D eigenvalue weighted by molar-refractivity contribution is 5.42. The summed E-state index contributed by atoms with van der Waals surface area (Å²) >= 11 is 0. The van der Waals surface area contributed by atoms with Crippen molar-refractivity contribution >= 4 is 0 Å². The maximum atomic E-state index is 5.87. The van der Waals surface area contributed by atoms with Crippen molar-refractivity contribution in [2.24, 2.45) is 5.92 Å². The molecule has 0 aliphatic carbocycles. The Morgan fingerprint density at radius 3 is 2.95 bits per heavy atom. The lowest BCUT2D eigenvalue weighted by Gasteiger charge is -2.29. The van der Waals surface area contributed by atoms with Gasteiger partial charge in [-0.25, -0.2) is 0 Å². The van der Waals surface area contributed by atoms with Gasteiger partial charge >= 0.3 is 0 Å². The van der Waals surface area contributed by atoms with Gasteiger partial charge in [-0.2, -0.15) is 0 Å². The highest BCUT2D eigenvalue weighted by Gasteiger charge is 2.22. The van der Waals surface area contributed by atoms with Crippen LogP contribution in [0.15, 0.2) is 18.2 Å². The molecular formula is C16H23NO3. The van der Waals surface area contributed by atoms with Gasteiger partial charge in [0.1, 0.15) is 11.5 Å². The molecule has 0 radical (unpaired) electrons. The van der Waals surface area contributed by atoms with Crippen LogP contribution >= 0.6 is 0 Å². The van der Waals surface area contributed by atoms with Crippen LogP contribution in [0.5, 0.6) is 11.5 Å². The second-order valence-corrected chi connectivity index (χ2v) is 5.65. The first-order valence-corrected chi connectivity index (χ1v) is 7.46. The van der Waals surface area contributed by atoms with Crippen molar-refractivity contribution in [2.75, 3.05) is 33.5 Å². The van der Waals surface area contributed by atoms with Crippen molar-refractivity contribution in [1.82, 2.24) is 5.32 Å². The Morgan fingerprint density at radius 2 is 2.15 bits per heavy atom. The van der Waals surface area contributed by atoms with Gasteiger partial charge in [0.25, 0.3) is 0 Å². The molecule has 1 unspecified atom stereocenters. The van der Waals surface area contributed by atoms with Crippen molar-refractivity contribution in [1.29, 1.82) is 0 Å². The molecule has 4 nitrogen and oxygen atoms in total. The summed E-state index contributed by atoms with van der Waals surface area (Å²) < 4.78 is 16.5. The van der Waals surface area contributed by atoms with Crippen LogP contribution in [-0.2, 0) is 11.2 Å². The normalized spacial score (nSPS) is 22.9. The third-order valence-electron chi connectivity index (χ3n) is 4.17. The van der Waals surface area contributed by atoms with Gasteiger partial charge in [-0.05, 0) is 30.9 Å². The molecule has 0 aromatic heterocycles. The van der Waals surface area contributed by atoms with Crippen LogP contribution in [0.25, 0.3) is 0 Å². The first-order valence-electron chi connectivity index (χ1n) is 7.46. The third kappa shape index (κ3) is 3.25. The second-order valence-electron chi connectivity index (χ2n) is 5.65. The molecule has 3 rings (SSSR count). The van der Waals surface area contributed by atoms with Crippen molar-refractivity contribution in [3.63, 3.8) is 0 Å². The number of nitrogens with one attached hydrogen (secondary N) is 1. The highest BCUT2D eigenvalue weighted by atomic mass is 16.5. The van der Waals surface area contributed by atoms with Crippen LogP contribution in [-0.4, -0.2) is 39.5 Å². The van der Waals surface area contributed by atoms with Crippen LogP contribution in [0.3, 0.4) is 0 Å². The number of ether oxygens (including phenoxy) is 3. The number of fused-ring (bicyclic) bond motifs is 1. The summed E-state index contributed by atoms with van der Waals surface area (Å²) in [6.07, 6.45) is 3.33. The molecule has 2 aliphatic heterocycles. The predicted octanol–water partition coefficient (Wildman–Crippen LogP) is 2.01. The summed E-state index contributed by atoms with van der Waals surface area (Å²) in [6, 6.07) is 6.73. The van der Waals surface area contributed by atoms with Gasteiger partial charge < -0.3 is 19.5 Å². The maximum Gasteiger partial charge on any atom is 0.126 e. The number of rotatable bonds is 4. The van der Waals surface area contributed by atoms with E-state index >= 15 is 0 Å². The van der Waals surface area contributed by atoms with Gasteiger partial charge in [0.05, 0.1) is 13.7 Å². The summed E-state index contributed by atoms with van der Waals surface area (Å²) in [4.78, 5) is 0. The molecule has 1 aromatic carbocycles. The average molecular weight is 277 g/mol. The number of benzene rings is 1. The van der Waals surface area contributed by atoms with Crippen LogP contribution in [0.1, 0.15) is 18.4 Å². The van der Waals surface area contributed by atoms with Crippen molar-refractivity contribution < 1.29 is 14.2 Å². The van der Waals surface area contributed by atoms with E-state index < -0.39 is 0 Å². The van der Waals surface area contributed by atoms with Gasteiger partial charge in [0.15, 0.2) is 0 Å². The molecule has 0 spiro atoms. The quantitative estimate of drug-likeness (QED) is 0.914. The molecule has 1 fully saturated rings. The van der Waals surface area contributed by atoms with E-state index in [-0.39, 0.29) is 0 Å². The number of hydrogen-bond donors (Lipinski definition) is 1. The first-order chi connectivity index (χ1) is 9.85. The average Bonchev–Trinajstić information content (AvgIpc) is 2.53. The lowest BCUT2D eigenvalue weighted by Crippen LogP contribution is -2.40. The number of hydrogen-bond acceptors (Lipinski definition) is 4. The van der Waals surface area contributed by atoms with Gasteiger partial charge in [-0.1, -0.05) is 6.07 Å². The molecule has 1 atom stereocenters. The fourth-order valence-corrected chi connectivity index (χ4v) is 2.91. The summed E-state index contributed by atoms with van der Waals surface area (Å²) in [5.41, 5.74) is 1.29. The standard InChI is InChI=1S/C16H23NO3/c1-18-15-3-2-13-8-12(11-20-16(13)9-15)10-17-14-4-6-19-7-5-14/h2-3,9,12,14,17H,4-8,10-11H2,1H3. The van der Waals surface area contributed by atoms with E-state index in [1.807, 2.05) is 12.1 Å². The molecule has 2 aliphatic rings. The van der Waals surface area contributed by atoms with Crippen molar-refractivity contribution in [3.05, 3.63) is 23.8 Å². The Kier molecular flexibility index (Phi) is 4.43. The zero-order valence-corrected chi connectivity index (χ0v) is 12.1. The zero-order valence-electron chi connectivity index (χ0n) is 12.1. The fourth-order valence-electron chi connectivity index (χ4n) is 2.91. The Balaban J connectivity index is 1.53. The topological polar surface area (TPSA) is 39.7 Å². The van der Waals surface area contributed by atoms with Gasteiger partial charge in [-0.15, -0.1) is 0 Å². The first kappa shape index (κ1) is 13.7. The summed E-state index contributed by atoms with van der Waals surface area (Å²) in [5.74, 6) is 2.40. The molecular weight excluding hydrogens is 254 g/mol. The monoisotopic (exact) mass is 277 g/mol. The van der Waals surface area contributed by atoms with Gasteiger partial charge in [0.2, 0.25) is 0 Å². The van der Waals surface area contributed by atoms with Crippen LogP contribution in [0.2, 0.25) is 0 Å². The summed E-state index contributed by atoms with van der Waals surface area (Å²) in [6.45, 7) is 3.59. The van der Waals surface area contributed by atoms with Crippen molar-refractivity contribution in [3.8, 4) is 11.5 Å². The Bertz CT molecular complexity index is 443. The smallest absolute Gasteiger partial charge is 0.126 e. The second kappa shape index (κ2) is 6.46. The molecule has 1 aromatic rings. The lowest BCUT2D eigenvalue weighted by atomic mass is 9.96. The lowest BCUT2D eigenvalue weighted by molar-refractivity contribution is 0.0756. The SMILES string of the molecule is COc1ccc2c(c1)OCC(CNC1CCOCC1)C2. The fraction of sp³-hybridized carbons (Fsp3) is 0.625. The molecule has 0 amide bonds. The maximum absolute atomic E-state index is 5.87. The minimum atomic E-state index is 0.554. The summed E-state index contributed by atoms with van der Waals surface area (Å²) in [7, 11) is 1.69. The Hall–Kier alpha value is -1.26. The van der Waals surface area contributed by atoms with E-state index in [9.17, 15) is 0 Å². The summed E-state index contributed by atoms with van der Waals surface area (Å²) in [5, 5.41) is 3.66. The minimum absolute atomic E-state index is 0.554. The van der Waals surface area contributed by atoms with E-state index in [2.05, 4.69) is 11.4 Å². The minimum Gasteiger partial charge on any atom is -0.497 e. The Labute approximate surface area is 120 Å². The predicted molar refractivity (Wildman–Crippen MR) is 77.5 cm³/mol. The van der Waals surface area contributed by atoms with Crippen LogP contribution in [0.4, 0.5) is 0 Å². The van der Waals surface area contributed by atoms with Gasteiger partial charge in [0, 0.05) is 37.8 Å². The molecule has 20 heavy (non-hydrogen) atoms. The largest absolute Gasteiger partial charge is 0.497 e. The van der Waals surface area contributed by atoms with Gasteiger partial charge in [-0.3, -0.25) is 0 Å². The number of methoxy groups -OCH3 is 1. The molecule has 0 saturated carbocycles. The van der Waals surface area contributed by atoms with E-state index in [0.717, 1.165) is 57.1 Å². The molecule has 110 valence electrons. The van der Waals surface area contributed by atoms with E-state index in [1.165, 1.54) is 5.56 Å². The van der Waals surface area contributed by atoms with E-state index in [4.69, 9.17) is 14.2 Å². The van der Waals surface area contributed by atoms with Crippen LogP contribution < -0.4 is 14.8 Å². The zero-order chi connectivity index (χ0) is 13.8. The van der Waals surface area contributed by atoms with E-state index in [0.29, 0.717) is 12.0 Å². The molecule has 4 heteroatoms. The molecule has 1 N–H and O–H groups in total. The highest BCUT2D eigenvalue weighted by Crippen LogP contribution is 2.30. The Morgan fingerprint density at radius 1 is 1.30 bits per heavy atom. The van der Waals surface area contributed by atoms with E-state index in [1.54, 1.807) is 7.11 Å².